The summed E-state index contributed by atoms with van der Waals surface area (Å²) in [5, 5.41) is 0. The summed E-state index contributed by atoms with van der Waals surface area (Å²) in [6, 6.07) is 6.47. The van der Waals surface area contributed by atoms with E-state index in [1.54, 1.807) is 0 Å². The minimum Gasteiger partial charge on any atom is -0.300 e. The maximum Gasteiger partial charge on any atom is 0.132 e. The van der Waals surface area contributed by atoms with E-state index < -0.39 is 0 Å². The third-order valence-corrected chi connectivity index (χ3v) is 3.49. The van der Waals surface area contributed by atoms with Crippen molar-refractivity contribution < 1.29 is 4.79 Å². The van der Waals surface area contributed by atoms with Crippen LogP contribution in [0.25, 0.3) is 0 Å². The van der Waals surface area contributed by atoms with Crippen molar-refractivity contribution in [2.45, 2.75) is 45.4 Å². The first-order valence-corrected chi connectivity index (χ1v) is 5.76. The summed E-state index contributed by atoms with van der Waals surface area (Å²) in [5.74, 6) is 1.06. The van der Waals surface area contributed by atoms with Crippen LogP contribution in [0.1, 0.15) is 48.3 Å². The Morgan fingerprint density at radius 1 is 1.07 bits per heavy atom. The molecule has 0 saturated heterocycles. The van der Waals surface area contributed by atoms with Crippen molar-refractivity contribution in [2.24, 2.45) is 0 Å². The van der Waals surface area contributed by atoms with Gasteiger partial charge >= 0.3 is 0 Å². The highest BCUT2D eigenvalue weighted by atomic mass is 16.1. The largest absolute Gasteiger partial charge is 0.300 e. The Morgan fingerprint density at radius 3 is 2.13 bits per heavy atom. The lowest BCUT2D eigenvalue weighted by Gasteiger charge is -2.24. The molecule has 0 heterocycles. The Bertz CT molecular complexity index is 349. The van der Waals surface area contributed by atoms with E-state index in [1.807, 2.05) is 0 Å². The molecule has 1 fully saturated rings. The number of rotatable bonds is 1. The zero-order chi connectivity index (χ0) is 10.8. The van der Waals surface area contributed by atoms with Gasteiger partial charge in [0.25, 0.3) is 0 Å². The molecule has 0 atom stereocenters. The van der Waals surface area contributed by atoms with Crippen LogP contribution in [-0.4, -0.2) is 5.78 Å². The molecule has 2 rings (SSSR count). The topological polar surface area (TPSA) is 17.1 Å². The predicted molar refractivity (Wildman–Crippen MR) is 62.1 cm³/mol. The molecule has 0 unspecified atom stereocenters. The molecule has 0 N–H and O–H groups in total. The van der Waals surface area contributed by atoms with Gasteiger partial charge in [-0.05, 0) is 49.3 Å². The van der Waals surface area contributed by atoms with Crippen molar-refractivity contribution >= 4 is 5.78 Å². The van der Waals surface area contributed by atoms with Crippen LogP contribution in [0.2, 0.25) is 0 Å². The normalized spacial score (nSPS) is 18.1. The first-order chi connectivity index (χ1) is 7.18. The van der Waals surface area contributed by atoms with Crippen LogP contribution in [0.15, 0.2) is 18.2 Å². The van der Waals surface area contributed by atoms with Crippen LogP contribution < -0.4 is 0 Å². The molecule has 0 aromatic heterocycles. The Labute approximate surface area is 91.5 Å². The summed E-state index contributed by atoms with van der Waals surface area (Å²) in [6.45, 7) is 4.36. The summed E-state index contributed by atoms with van der Waals surface area (Å²) in [6.07, 6.45) is 3.64. The molecular weight excluding hydrogens is 184 g/mol. The molecule has 80 valence electrons. The van der Waals surface area contributed by atoms with Crippen molar-refractivity contribution in [3.05, 3.63) is 34.9 Å². The SMILES string of the molecule is Cc1cccc(C)c1C1CCC(=O)CC1. The molecule has 0 bridgehead atoms. The first kappa shape index (κ1) is 10.4. The zero-order valence-corrected chi connectivity index (χ0v) is 9.55. The van der Waals surface area contributed by atoms with Crippen LogP contribution in [-0.2, 0) is 4.79 Å². The quantitative estimate of drug-likeness (QED) is 0.681. The number of ketones is 1. The lowest BCUT2D eigenvalue weighted by molar-refractivity contribution is -0.120. The maximum atomic E-state index is 11.2. The van der Waals surface area contributed by atoms with Crippen LogP contribution >= 0.6 is 0 Å². The smallest absolute Gasteiger partial charge is 0.132 e. The lowest BCUT2D eigenvalue weighted by Crippen LogP contribution is -2.14. The van der Waals surface area contributed by atoms with Gasteiger partial charge in [-0.25, -0.2) is 0 Å². The highest BCUT2D eigenvalue weighted by Gasteiger charge is 2.22. The third-order valence-electron chi connectivity index (χ3n) is 3.49. The van der Waals surface area contributed by atoms with E-state index in [4.69, 9.17) is 0 Å². The monoisotopic (exact) mass is 202 g/mol. The molecule has 1 aliphatic carbocycles. The van der Waals surface area contributed by atoms with E-state index in [9.17, 15) is 4.79 Å². The number of Topliss-reactive ketones (excluding diaryl/α,β-unsaturated/α-hetero) is 1. The molecule has 0 amide bonds. The van der Waals surface area contributed by atoms with Gasteiger partial charge in [0.1, 0.15) is 5.78 Å². The summed E-state index contributed by atoms with van der Waals surface area (Å²) in [4.78, 5) is 11.2. The number of benzene rings is 1. The van der Waals surface area contributed by atoms with E-state index in [1.165, 1.54) is 16.7 Å². The summed E-state index contributed by atoms with van der Waals surface area (Å²) in [7, 11) is 0. The van der Waals surface area contributed by atoms with Gasteiger partial charge in [-0.3, -0.25) is 4.79 Å². The Kier molecular flexibility index (Phi) is 2.90. The van der Waals surface area contributed by atoms with Gasteiger partial charge in [0.15, 0.2) is 0 Å². The number of hydrogen-bond donors (Lipinski definition) is 0. The van der Waals surface area contributed by atoms with Crippen molar-refractivity contribution in [2.75, 3.05) is 0 Å². The fourth-order valence-corrected chi connectivity index (χ4v) is 2.70. The molecule has 1 aliphatic rings. The zero-order valence-electron chi connectivity index (χ0n) is 9.55. The Hall–Kier alpha value is -1.11. The molecule has 1 saturated carbocycles. The fraction of sp³-hybridized carbons (Fsp3) is 0.500. The van der Waals surface area contributed by atoms with Crippen LogP contribution in [0.5, 0.6) is 0 Å². The fourth-order valence-electron chi connectivity index (χ4n) is 2.70. The second-order valence-electron chi connectivity index (χ2n) is 4.62. The second kappa shape index (κ2) is 4.18. The molecule has 1 nitrogen and oxygen atoms in total. The van der Waals surface area contributed by atoms with E-state index >= 15 is 0 Å². The molecule has 1 aromatic carbocycles. The van der Waals surface area contributed by atoms with Gasteiger partial charge < -0.3 is 0 Å². The van der Waals surface area contributed by atoms with Gasteiger partial charge in [-0.15, -0.1) is 0 Å². The Balaban J connectivity index is 2.26. The lowest BCUT2D eigenvalue weighted by atomic mass is 9.80. The number of carbonyl (C=O) groups excluding carboxylic acids is 1. The molecule has 1 aromatic rings. The van der Waals surface area contributed by atoms with Crippen molar-refractivity contribution in [3.8, 4) is 0 Å². The molecule has 0 spiro atoms. The minimum atomic E-state index is 0.442. The number of aryl methyl sites for hydroxylation is 2. The van der Waals surface area contributed by atoms with Gasteiger partial charge in [0.05, 0.1) is 0 Å². The van der Waals surface area contributed by atoms with E-state index in [0.29, 0.717) is 11.7 Å². The maximum absolute atomic E-state index is 11.2. The standard InChI is InChI=1S/C14H18O/c1-10-4-3-5-11(2)14(10)12-6-8-13(15)9-7-12/h3-5,12H,6-9H2,1-2H3. The second-order valence-corrected chi connectivity index (χ2v) is 4.62. The van der Waals surface area contributed by atoms with Gasteiger partial charge in [0.2, 0.25) is 0 Å². The first-order valence-electron chi connectivity index (χ1n) is 5.76. The van der Waals surface area contributed by atoms with E-state index in [0.717, 1.165) is 25.7 Å². The van der Waals surface area contributed by atoms with Gasteiger partial charge in [-0.2, -0.15) is 0 Å². The molecule has 0 radical (unpaired) electrons. The van der Waals surface area contributed by atoms with Crippen LogP contribution in [0.4, 0.5) is 0 Å². The van der Waals surface area contributed by atoms with Gasteiger partial charge in [0, 0.05) is 12.8 Å². The van der Waals surface area contributed by atoms with Crippen LogP contribution in [0.3, 0.4) is 0 Å². The van der Waals surface area contributed by atoms with E-state index in [2.05, 4.69) is 32.0 Å². The average molecular weight is 202 g/mol. The summed E-state index contributed by atoms with van der Waals surface area (Å²) < 4.78 is 0. The molecule has 1 heteroatoms. The average Bonchev–Trinajstić information content (AvgIpc) is 2.20. The van der Waals surface area contributed by atoms with E-state index in [-0.39, 0.29) is 0 Å². The summed E-state index contributed by atoms with van der Waals surface area (Å²) >= 11 is 0. The molecule has 15 heavy (non-hydrogen) atoms. The van der Waals surface area contributed by atoms with Crippen molar-refractivity contribution in [1.29, 1.82) is 0 Å². The molecular formula is C14H18O. The Morgan fingerprint density at radius 2 is 1.60 bits per heavy atom. The highest BCUT2D eigenvalue weighted by molar-refractivity contribution is 5.79. The van der Waals surface area contributed by atoms with Crippen molar-refractivity contribution in [1.82, 2.24) is 0 Å². The number of carbonyl (C=O) groups is 1. The van der Waals surface area contributed by atoms with Crippen LogP contribution in [0, 0.1) is 13.8 Å². The van der Waals surface area contributed by atoms with Gasteiger partial charge in [-0.1, -0.05) is 18.2 Å². The molecule has 0 aliphatic heterocycles. The minimum absolute atomic E-state index is 0.442. The van der Waals surface area contributed by atoms with Crippen molar-refractivity contribution in [3.63, 3.8) is 0 Å². The third kappa shape index (κ3) is 2.11. The number of hydrogen-bond acceptors (Lipinski definition) is 1. The summed E-state index contributed by atoms with van der Waals surface area (Å²) in [5.41, 5.74) is 4.26. The highest BCUT2D eigenvalue weighted by Crippen LogP contribution is 2.34. The predicted octanol–water partition coefficient (Wildman–Crippen LogP) is 3.53.